The average molecular weight is 231 g/mol. The number of anilines is 1. The molecule has 0 amide bonds. The summed E-state index contributed by atoms with van der Waals surface area (Å²) in [6, 6.07) is 1.90. The summed E-state index contributed by atoms with van der Waals surface area (Å²) in [6.45, 7) is 1.95. The normalized spacial score (nSPS) is 10.1. The third-order valence-corrected chi connectivity index (χ3v) is 2.13. The van der Waals surface area contributed by atoms with Crippen molar-refractivity contribution in [1.29, 1.82) is 5.26 Å². The maximum atomic E-state index is 11.5. The van der Waals surface area contributed by atoms with E-state index in [1.807, 2.05) is 6.07 Å². The Morgan fingerprint density at radius 2 is 2.47 bits per heavy atom. The standard InChI is InChI=1S/C10H9N5O2/c1-2-17-10(16)7-4-15-5-13-6(3-11)8(15)9(12)14-7/h4-5H,2H2,1H3,(H2,12,14). The molecule has 2 N–H and O–H groups in total. The van der Waals surface area contributed by atoms with E-state index in [0.29, 0.717) is 5.52 Å². The number of nitriles is 1. The second-order valence-electron chi connectivity index (χ2n) is 3.19. The minimum atomic E-state index is -0.562. The number of imidazole rings is 1. The van der Waals surface area contributed by atoms with Crippen LogP contribution in [0.5, 0.6) is 0 Å². The van der Waals surface area contributed by atoms with E-state index in [9.17, 15) is 4.79 Å². The minimum absolute atomic E-state index is 0.0737. The third kappa shape index (κ3) is 1.76. The van der Waals surface area contributed by atoms with Crippen LogP contribution < -0.4 is 5.73 Å². The number of hydrogen-bond donors (Lipinski definition) is 1. The topological polar surface area (TPSA) is 106 Å². The van der Waals surface area contributed by atoms with Crippen LogP contribution in [0.4, 0.5) is 5.82 Å². The molecule has 2 aromatic rings. The molecule has 0 atom stereocenters. The van der Waals surface area contributed by atoms with E-state index in [0.717, 1.165) is 0 Å². The van der Waals surface area contributed by atoms with Crippen molar-refractivity contribution in [2.45, 2.75) is 6.92 Å². The van der Waals surface area contributed by atoms with Gasteiger partial charge in [-0.25, -0.2) is 14.8 Å². The van der Waals surface area contributed by atoms with E-state index in [1.165, 1.54) is 16.9 Å². The fourth-order valence-corrected chi connectivity index (χ4v) is 1.44. The van der Waals surface area contributed by atoms with Crippen LogP contribution in [-0.4, -0.2) is 26.9 Å². The highest BCUT2D eigenvalue weighted by molar-refractivity contribution is 5.88. The van der Waals surface area contributed by atoms with Crippen molar-refractivity contribution in [1.82, 2.24) is 14.4 Å². The highest BCUT2D eigenvalue weighted by atomic mass is 16.5. The smallest absolute Gasteiger partial charge is 0.358 e. The summed E-state index contributed by atoms with van der Waals surface area (Å²) >= 11 is 0. The molecule has 7 nitrogen and oxygen atoms in total. The lowest BCUT2D eigenvalue weighted by atomic mass is 10.3. The number of hydrogen-bond acceptors (Lipinski definition) is 6. The number of esters is 1. The maximum Gasteiger partial charge on any atom is 0.358 e. The van der Waals surface area contributed by atoms with Crippen LogP contribution in [0.1, 0.15) is 23.1 Å². The van der Waals surface area contributed by atoms with Crippen LogP contribution in [0, 0.1) is 11.3 Å². The highest BCUT2D eigenvalue weighted by Gasteiger charge is 2.14. The van der Waals surface area contributed by atoms with Crippen LogP contribution in [0.25, 0.3) is 5.52 Å². The van der Waals surface area contributed by atoms with Gasteiger partial charge < -0.3 is 10.5 Å². The molecule has 0 fully saturated rings. The van der Waals surface area contributed by atoms with Crippen molar-refractivity contribution < 1.29 is 9.53 Å². The Kier molecular flexibility index (Phi) is 2.62. The number of nitrogens with two attached hydrogens (primary N) is 1. The monoisotopic (exact) mass is 231 g/mol. The highest BCUT2D eigenvalue weighted by Crippen LogP contribution is 2.16. The van der Waals surface area contributed by atoms with E-state index in [1.54, 1.807) is 6.92 Å². The Balaban J connectivity index is 2.58. The van der Waals surface area contributed by atoms with Gasteiger partial charge in [-0.3, -0.25) is 4.40 Å². The van der Waals surface area contributed by atoms with Crippen LogP contribution in [0.15, 0.2) is 12.5 Å². The third-order valence-electron chi connectivity index (χ3n) is 2.13. The fraction of sp³-hybridized carbons (Fsp3) is 0.200. The van der Waals surface area contributed by atoms with E-state index >= 15 is 0 Å². The number of carbonyl (C=O) groups excluding carboxylic acids is 1. The first kappa shape index (κ1) is 10.9. The molecule has 0 aliphatic rings. The number of ether oxygens (including phenoxy) is 1. The van der Waals surface area contributed by atoms with Gasteiger partial charge in [-0.2, -0.15) is 5.26 Å². The Bertz CT molecular complexity index is 625. The molecule has 0 aromatic carbocycles. The van der Waals surface area contributed by atoms with E-state index in [-0.39, 0.29) is 23.8 Å². The zero-order valence-corrected chi connectivity index (χ0v) is 9.04. The van der Waals surface area contributed by atoms with Gasteiger partial charge in [0.2, 0.25) is 0 Å². The number of carbonyl (C=O) groups is 1. The molecule has 0 saturated heterocycles. The predicted octanol–water partition coefficient (Wildman–Crippen LogP) is 0.360. The van der Waals surface area contributed by atoms with Crippen LogP contribution in [0.2, 0.25) is 0 Å². The summed E-state index contributed by atoms with van der Waals surface area (Å²) in [5, 5.41) is 8.81. The van der Waals surface area contributed by atoms with Crippen molar-refractivity contribution in [3.05, 3.63) is 23.9 Å². The Labute approximate surface area is 96.5 Å². The molecule has 0 radical (unpaired) electrons. The molecule has 2 heterocycles. The second kappa shape index (κ2) is 4.09. The second-order valence-corrected chi connectivity index (χ2v) is 3.19. The molecule has 0 bridgehead atoms. The minimum Gasteiger partial charge on any atom is -0.461 e. The molecule has 2 aromatic heterocycles. The van der Waals surface area contributed by atoms with E-state index in [4.69, 9.17) is 15.7 Å². The summed E-state index contributed by atoms with van der Waals surface area (Å²) in [5.41, 5.74) is 6.32. The summed E-state index contributed by atoms with van der Waals surface area (Å²) < 4.78 is 6.29. The molecule has 7 heteroatoms. The zero-order valence-electron chi connectivity index (χ0n) is 9.04. The molecule has 0 aliphatic carbocycles. The van der Waals surface area contributed by atoms with Crippen molar-refractivity contribution >= 4 is 17.3 Å². The lowest BCUT2D eigenvalue weighted by molar-refractivity contribution is 0.0519. The zero-order chi connectivity index (χ0) is 12.4. The quantitative estimate of drug-likeness (QED) is 0.748. The maximum absolute atomic E-state index is 11.5. The van der Waals surface area contributed by atoms with E-state index < -0.39 is 5.97 Å². The molecular weight excluding hydrogens is 222 g/mol. The van der Waals surface area contributed by atoms with Gasteiger partial charge in [0.25, 0.3) is 0 Å². The van der Waals surface area contributed by atoms with Crippen molar-refractivity contribution in [3.8, 4) is 6.07 Å². The predicted molar refractivity (Wildman–Crippen MR) is 58.1 cm³/mol. The molecule has 0 aliphatic heterocycles. The number of aromatic nitrogens is 3. The molecule has 86 valence electrons. The number of nitrogen functional groups attached to an aromatic ring is 1. The first-order valence-electron chi connectivity index (χ1n) is 4.87. The molecular formula is C10H9N5O2. The molecule has 0 spiro atoms. The molecule has 0 unspecified atom stereocenters. The van der Waals surface area contributed by atoms with Crippen LogP contribution >= 0.6 is 0 Å². The Morgan fingerprint density at radius 1 is 1.71 bits per heavy atom. The van der Waals surface area contributed by atoms with Crippen molar-refractivity contribution in [3.63, 3.8) is 0 Å². The SMILES string of the molecule is CCOC(=O)c1cn2cnc(C#N)c2c(N)n1. The lowest BCUT2D eigenvalue weighted by Gasteiger charge is -2.03. The average Bonchev–Trinajstić information content (AvgIpc) is 2.72. The van der Waals surface area contributed by atoms with Gasteiger partial charge in [0.15, 0.2) is 17.2 Å². The van der Waals surface area contributed by atoms with Crippen LogP contribution in [0.3, 0.4) is 0 Å². The van der Waals surface area contributed by atoms with Gasteiger partial charge in [0, 0.05) is 6.20 Å². The number of nitrogens with zero attached hydrogens (tertiary/aromatic N) is 4. The lowest BCUT2D eigenvalue weighted by Crippen LogP contribution is -2.10. The summed E-state index contributed by atoms with van der Waals surface area (Å²) in [4.78, 5) is 19.2. The van der Waals surface area contributed by atoms with Gasteiger partial charge in [0.05, 0.1) is 6.61 Å². The number of fused-ring (bicyclic) bond motifs is 1. The number of rotatable bonds is 2. The molecule has 17 heavy (non-hydrogen) atoms. The van der Waals surface area contributed by atoms with Gasteiger partial charge in [0.1, 0.15) is 17.9 Å². The van der Waals surface area contributed by atoms with Crippen molar-refractivity contribution in [2.24, 2.45) is 0 Å². The van der Waals surface area contributed by atoms with Gasteiger partial charge in [-0.1, -0.05) is 0 Å². The summed E-state index contributed by atoms with van der Waals surface area (Å²) in [7, 11) is 0. The molecule has 2 rings (SSSR count). The first-order chi connectivity index (χ1) is 8.17. The largest absolute Gasteiger partial charge is 0.461 e. The van der Waals surface area contributed by atoms with Crippen LogP contribution in [-0.2, 0) is 4.74 Å². The van der Waals surface area contributed by atoms with Gasteiger partial charge in [-0.15, -0.1) is 0 Å². The summed E-state index contributed by atoms with van der Waals surface area (Å²) in [5.74, 6) is -0.488. The molecule has 0 saturated carbocycles. The first-order valence-corrected chi connectivity index (χ1v) is 4.87. The van der Waals surface area contributed by atoms with Gasteiger partial charge >= 0.3 is 5.97 Å². The van der Waals surface area contributed by atoms with Gasteiger partial charge in [-0.05, 0) is 6.92 Å². The summed E-state index contributed by atoms with van der Waals surface area (Å²) in [6.07, 6.45) is 2.83. The fourth-order valence-electron chi connectivity index (χ4n) is 1.44. The Hall–Kier alpha value is -2.62. The Morgan fingerprint density at radius 3 is 3.12 bits per heavy atom. The van der Waals surface area contributed by atoms with E-state index in [2.05, 4.69) is 9.97 Å². The van der Waals surface area contributed by atoms with Crippen molar-refractivity contribution in [2.75, 3.05) is 12.3 Å².